The van der Waals surface area contributed by atoms with E-state index < -0.39 is 0 Å². The molecule has 0 fully saturated rings. The van der Waals surface area contributed by atoms with Gasteiger partial charge < -0.3 is 18.0 Å². The molecule has 0 amide bonds. The van der Waals surface area contributed by atoms with Crippen LogP contribution in [-0.2, 0) is 0 Å². The number of nitrogens with zero attached hydrogens (tertiary/aromatic N) is 4. The van der Waals surface area contributed by atoms with Crippen molar-refractivity contribution >= 4 is 87.5 Å². The molecule has 0 aliphatic heterocycles. The van der Waals surface area contributed by atoms with Crippen LogP contribution in [0.2, 0.25) is 0 Å². The predicted molar refractivity (Wildman–Crippen MR) is 225 cm³/mol. The number of rotatable bonds is 3. The minimum Gasteiger partial charge on any atom is -0.456 e. The van der Waals surface area contributed by atoms with E-state index in [0.29, 0.717) is 16.8 Å². The van der Waals surface area contributed by atoms with Crippen LogP contribution in [0.15, 0.2) is 167 Å². The third-order valence-corrected chi connectivity index (χ3v) is 11.4. The Balaban J connectivity index is 1.16. The lowest BCUT2D eigenvalue weighted by Gasteiger charge is -2.18. The molecule has 4 heterocycles. The number of benzene rings is 8. The van der Waals surface area contributed by atoms with Gasteiger partial charge in [0.2, 0.25) is 0 Å². The Morgan fingerprint density at radius 2 is 0.964 bits per heavy atom. The number of furan rings is 2. The Bertz CT molecular complexity index is 3750. The molecule has 0 atom stereocenters. The summed E-state index contributed by atoms with van der Waals surface area (Å²) in [5.74, 6) is 0. The molecule has 0 N–H and O–H groups in total. The normalized spacial score (nSPS) is 11.9. The van der Waals surface area contributed by atoms with Crippen molar-refractivity contribution in [3.05, 3.63) is 169 Å². The van der Waals surface area contributed by atoms with Crippen LogP contribution >= 0.6 is 0 Å². The first-order chi connectivity index (χ1) is 27.7. The number of hydrogen-bond donors (Lipinski definition) is 0. The van der Waals surface area contributed by atoms with Crippen molar-refractivity contribution in [3.63, 3.8) is 0 Å². The van der Waals surface area contributed by atoms with E-state index in [4.69, 9.17) is 8.83 Å². The minimum absolute atomic E-state index is 0.321. The molecule has 0 saturated heterocycles. The van der Waals surface area contributed by atoms with Gasteiger partial charge in [0.1, 0.15) is 34.5 Å². The zero-order valence-corrected chi connectivity index (χ0v) is 29.6. The van der Waals surface area contributed by atoms with Gasteiger partial charge in [-0.25, -0.2) is 0 Å². The van der Waals surface area contributed by atoms with Gasteiger partial charge in [-0.3, -0.25) is 0 Å². The standard InChI is InChI=1S/C50H26N4O2/c51-27-30-20-21-32(50(37(30)28-52)54-39-17-6-2-13-34(39)47-41(54)23-25-45-49(47)36-15-4-8-19-43(36)56-45)29-10-9-11-31(26-29)53-38-16-5-1-12-33(38)46-40(53)22-24-44-48(46)35-14-3-7-18-42(35)55-44/h1-26H. The number of para-hydroxylation sites is 4. The summed E-state index contributed by atoms with van der Waals surface area (Å²) < 4.78 is 17.1. The second-order valence-electron chi connectivity index (χ2n) is 14.2. The van der Waals surface area contributed by atoms with E-state index in [1.807, 2.05) is 54.6 Å². The molecule has 8 aromatic carbocycles. The third kappa shape index (κ3) is 3.97. The maximum absolute atomic E-state index is 10.9. The molecular formula is C50H26N4O2. The average Bonchev–Trinajstić information content (AvgIpc) is 4.00. The van der Waals surface area contributed by atoms with E-state index >= 15 is 0 Å². The van der Waals surface area contributed by atoms with Crippen molar-refractivity contribution in [1.29, 1.82) is 10.5 Å². The lowest BCUT2D eigenvalue weighted by atomic mass is 9.96. The largest absolute Gasteiger partial charge is 0.456 e. The van der Waals surface area contributed by atoms with Crippen LogP contribution in [0.3, 0.4) is 0 Å². The van der Waals surface area contributed by atoms with Crippen molar-refractivity contribution in [2.24, 2.45) is 0 Å². The van der Waals surface area contributed by atoms with Crippen LogP contribution in [0.4, 0.5) is 0 Å². The van der Waals surface area contributed by atoms with Gasteiger partial charge in [0.15, 0.2) is 0 Å². The van der Waals surface area contributed by atoms with Gasteiger partial charge in [0.05, 0.1) is 38.9 Å². The van der Waals surface area contributed by atoms with Crippen LogP contribution in [0.5, 0.6) is 0 Å². The van der Waals surface area contributed by atoms with E-state index in [-0.39, 0.29) is 0 Å². The Hall–Kier alpha value is -8.06. The first-order valence-corrected chi connectivity index (χ1v) is 18.5. The molecule has 12 aromatic rings. The van der Waals surface area contributed by atoms with Crippen molar-refractivity contribution in [2.75, 3.05) is 0 Å². The van der Waals surface area contributed by atoms with Gasteiger partial charge in [-0.05, 0) is 72.3 Å². The van der Waals surface area contributed by atoms with E-state index in [1.165, 1.54) is 0 Å². The fraction of sp³-hybridized carbons (Fsp3) is 0. The molecule has 0 radical (unpaired) electrons. The van der Waals surface area contributed by atoms with Crippen LogP contribution in [0, 0.1) is 22.7 Å². The second kappa shape index (κ2) is 11.2. The molecular weight excluding hydrogens is 689 g/mol. The Labute approximate surface area is 318 Å². The Morgan fingerprint density at radius 3 is 1.57 bits per heavy atom. The first kappa shape index (κ1) is 30.4. The molecule has 56 heavy (non-hydrogen) atoms. The van der Waals surface area contributed by atoms with Crippen LogP contribution < -0.4 is 0 Å². The van der Waals surface area contributed by atoms with E-state index in [9.17, 15) is 10.5 Å². The fourth-order valence-electron chi connectivity index (χ4n) is 9.14. The van der Waals surface area contributed by atoms with E-state index in [2.05, 4.69) is 118 Å². The summed E-state index contributed by atoms with van der Waals surface area (Å²) in [7, 11) is 0. The molecule has 0 bridgehead atoms. The molecule has 4 aromatic heterocycles. The first-order valence-electron chi connectivity index (χ1n) is 18.5. The number of aromatic nitrogens is 2. The van der Waals surface area contributed by atoms with Crippen LogP contribution in [-0.4, -0.2) is 9.13 Å². The number of fused-ring (bicyclic) bond motifs is 14. The molecule has 0 aliphatic carbocycles. The lowest BCUT2D eigenvalue weighted by Crippen LogP contribution is -2.03. The molecule has 0 unspecified atom stereocenters. The zero-order valence-electron chi connectivity index (χ0n) is 29.6. The summed E-state index contributed by atoms with van der Waals surface area (Å²) in [5, 5.41) is 29.8. The maximum atomic E-state index is 10.9. The zero-order chi connectivity index (χ0) is 37.1. The lowest BCUT2D eigenvalue weighted by molar-refractivity contribution is 0.669. The van der Waals surface area contributed by atoms with E-state index in [0.717, 1.165) is 104 Å². The molecule has 0 spiro atoms. The van der Waals surface area contributed by atoms with Crippen molar-refractivity contribution in [3.8, 4) is 34.6 Å². The highest BCUT2D eigenvalue weighted by Crippen LogP contribution is 2.45. The summed E-state index contributed by atoms with van der Waals surface area (Å²) in [5.41, 5.74) is 11.4. The summed E-state index contributed by atoms with van der Waals surface area (Å²) >= 11 is 0. The van der Waals surface area contributed by atoms with Crippen molar-refractivity contribution in [1.82, 2.24) is 9.13 Å². The summed E-state index contributed by atoms with van der Waals surface area (Å²) in [6.07, 6.45) is 0. The maximum Gasteiger partial charge on any atom is 0.136 e. The van der Waals surface area contributed by atoms with E-state index in [1.54, 1.807) is 6.07 Å². The van der Waals surface area contributed by atoms with Gasteiger partial charge >= 0.3 is 0 Å². The summed E-state index contributed by atoms with van der Waals surface area (Å²) in [4.78, 5) is 0. The highest BCUT2D eigenvalue weighted by atomic mass is 16.3. The molecule has 12 rings (SSSR count). The fourth-order valence-corrected chi connectivity index (χ4v) is 9.14. The summed E-state index contributed by atoms with van der Waals surface area (Å²) in [6.45, 7) is 0. The van der Waals surface area contributed by atoms with Crippen molar-refractivity contribution in [2.45, 2.75) is 0 Å². The molecule has 6 nitrogen and oxygen atoms in total. The number of nitriles is 2. The summed E-state index contributed by atoms with van der Waals surface area (Å²) in [6, 6.07) is 58.3. The second-order valence-corrected chi connectivity index (χ2v) is 14.2. The van der Waals surface area contributed by atoms with Gasteiger partial charge in [-0.15, -0.1) is 0 Å². The quantitative estimate of drug-likeness (QED) is 0.182. The topological polar surface area (TPSA) is 83.7 Å². The molecule has 258 valence electrons. The van der Waals surface area contributed by atoms with Gasteiger partial charge in [-0.2, -0.15) is 10.5 Å². The third-order valence-electron chi connectivity index (χ3n) is 11.4. The predicted octanol–water partition coefficient (Wildman–Crippen LogP) is 13.1. The van der Waals surface area contributed by atoms with Gasteiger partial charge in [0, 0.05) is 54.3 Å². The average molecular weight is 715 g/mol. The van der Waals surface area contributed by atoms with Crippen LogP contribution in [0.1, 0.15) is 11.1 Å². The minimum atomic E-state index is 0.321. The molecule has 0 aliphatic rings. The van der Waals surface area contributed by atoms with Crippen LogP contribution in [0.25, 0.3) is 110 Å². The number of hydrogen-bond acceptors (Lipinski definition) is 4. The highest BCUT2D eigenvalue weighted by molar-refractivity contribution is 6.28. The molecule has 0 saturated carbocycles. The van der Waals surface area contributed by atoms with Gasteiger partial charge in [-0.1, -0.05) is 91.0 Å². The van der Waals surface area contributed by atoms with Gasteiger partial charge in [0.25, 0.3) is 0 Å². The Morgan fingerprint density at radius 1 is 0.411 bits per heavy atom. The van der Waals surface area contributed by atoms with Crippen molar-refractivity contribution < 1.29 is 8.83 Å². The monoisotopic (exact) mass is 714 g/mol. The Kier molecular flexibility index (Phi) is 6.10. The smallest absolute Gasteiger partial charge is 0.136 e. The molecule has 6 heteroatoms. The SMILES string of the molecule is N#Cc1ccc(-c2cccc(-n3c4ccccc4c4c5c(ccc43)oc3ccccc35)c2)c(-n2c3ccccc3c3c4c(ccc32)oc2ccccc24)c1C#N. The highest BCUT2D eigenvalue weighted by Gasteiger charge is 2.25.